The van der Waals surface area contributed by atoms with Gasteiger partial charge in [-0.2, -0.15) is 24.5 Å². The summed E-state index contributed by atoms with van der Waals surface area (Å²) in [5, 5.41) is 3.62. The molecule has 1 heterocycles. The molecule has 1 aliphatic rings. The molecule has 1 saturated heterocycles. The van der Waals surface area contributed by atoms with Gasteiger partial charge in [0.05, 0.1) is 0 Å². The maximum absolute atomic E-state index is 11.8. The number of nitrogens with one attached hydrogen (secondary N) is 2. The molecule has 1 rings (SSSR count). The molecule has 0 amide bonds. The van der Waals surface area contributed by atoms with E-state index in [9.17, 15) is 8.42 Å². The molecular formula is C9H21N3O2S2. The predicted octanol–water partition coefficient (Wildman–Crippen LogP) is -0.132. The zero-order valence-electron chi connectivity index (χ0n) is 9.90. The van der Waals surface area contributed by atoms with Crippen molar-refractivity contribution in [1.82, 2.24) is 14.3 Å². The van der Waals surface area contributed by atoms with Crippen molar-refractivity contribution < 1.29 is 8.42 Å². The van der Waals surface area contributed by atoms with Gasteiger partial charge in [0.2, 0.25) is 0 Å². The minimum Gasteiger partial charge on any atom is -0.314 e. The highest BCUT2D eigenvalue weighted by Gasteiger charge is 2.22. The van der Waals surface area contributed by atoms with Crippen molar-refractivity contribution in [3.8, 4) is 0 Å². The average molecular weight is 267 g/mol. The van der Waals surface area contributed by atoms with Crippen LogP contribution in [0.3, 0.4) is 0 Å². The van der Waals surface area contributed by atoms with Crippen LogP contribution in [-0.2, 0) is 10.2 Å². The van der Waals surface area contributed by atoms with E-state index in [0.29, 0.717) is 24.9 Å². The summed E-state index contributed by atoms with van der Waals surface area (Å²) in [6.07, 6.45) is 2.90. The monoisotopic (exact) mass is 267 g/mol. The molecule has 96 valence electrons. The van der Waals surface area contributed by atoms with Crippen LogP contribution in [0.1, 0.15) is 13.3 Å². The smallest absolute Gasteiger partial charge is 0.279 e. The molecule has 1 aliphatic heterocycles. The van der Waals surface area contributed by atoms with Crippen LogP contribution in [0.4, 0.5) is 0 Å². The zero-order valence-corrected chi connectivity index (χ0v) is 11.5. The number of piperazine rings is 1. The van der Waals surface area contributed by atoms with Gasteiger partial charge in [0, 0.05) is 38.0 Å². The van der Waals surface area contributed by atoms with E-state index < -0.39 is 10.2 Å². The lowest BCUT2D eigenvalue weighted by molar-refractivity contribution is 0.355. The van der Waals surface area contributed by atoms with Crippen molar-refractivity contribution in [3.05, 3.63) is 0 Å². The molecule has 2 N–H and O–H groups in total. The van der Waals surface area contributed by atoms with Gasteiger partial charge in [-0.15, -0.1) is 0 Å². The van der Waals surface area contributed by atoms with Crippen LogP contribution < -0.4 is 10.0 Å². The molecule has 0 saturated carbocycles. The lowest BCUT2D eigenvalue weighted by atomic mass is 10.3. The number of thioether (sulfide) groups is 1. The third-order valence-electron chi connectivity index (χ3n) is 2.65. The molecule has 0 aromatic heterocycles. The fraction of sp³-hybridized carbons (Fsp3) is 1.00. The standard InChI is InChI=1S/C9H21N3O2S2/c1-9(15-2)3-4-11-16(13,14)12-7-5-10-6-8-12/h9-11H,3-8H2,1-2H3. The molecule has 0 bridgehead atoms. The van der Waals surface area contributed by atoms with E-state index in [2.05, 4.69) is 17.0 Å². The van der Waals surface area contributed by atoms with Crippen molar-refractivity contribution in [1.29, 1.82) is 0 Å². The first-order valence-electron chi connectivity index (χ1n) is 5.54. The molecule has 0 aromatic rings. The molecule has 0 spiro atoms. The quantitative estimate of drug-likeness (QED) is 0.704. The van der Waals surface area contributed by atoms with Gasteiger partial charge in [0.15, 0.2) is 0 Å². The van der Waals surface area contributed by atoms with E-state index in [-0.39, 0.29) is 0 Å². The third-order valence-corrected chi connectivity index (χ3v) is 5.31. The van der Waals surface area contributed by atoms with Gasteiger partial charge in [0.1, 0.15) is 0 Å². The zero-order chi connectivity index (χ0) is 12.0. The Labute approximate surface area is 103 Å². The average Bonchev–Trinajstić information content (AvgIpc) is 2.30. The number of rotatable bonds is 6. The van der Waals surface area contributed by atoms with Gasteiger partial charge in [0.25, 0.3) is 10.2 Å². The fourth-order valence-corrected chi connectivity index (χ4v) is 3.06. The van der Waals surface area contributed by atoms with E-state index in [0.717, 1.165) is 19.5 Å². The van der Waals surface area contributed by atoms with Crippen LogP contribution in [0.15, 0.2) is 0 Å². The molecule has 0 aromatic carbocycles. The Kier molecular flexibility index (Phi) is 6.06. The second-order valence-electron chi connectivity index (χ2n) is 3.88. The van der Waals surface area contributed by atoms with Crippen molar-refractivity contribution in [2.75, 3.05) is 39.0 Å². The van der Waals surface area contributed by atoms with E-state index in [4.69, 9.17) is 0 Å². The van der Waals surface area contributed by atoms with Gasteiger partial charge in [-0.05, 0) is 12.7 Å². The van der Waals surface area contributed by atoms with Crippen LogP contribution in [0.25, 0.3) is 0 Å². The molecule has 5 nitrogen and oxygen atoms in total. The van der Waals surface area contributed by atoms with E-state index in [1.165, 1.54) is 4.31 Å². The van der Waals surface area contributed by atoms with E-state index in [1.54, 1.807) is 11.8 Å². The first-order valence-corrected chi connectivity index (χ1v) is 8.27. The Morgan fingerprint density at radius 3 is 2.62 bits per heavy atom. The summed E-state index contributed by atoms with van der Waals surface area (Å²) < 4.78 is 27.8. The van der Waals surface area contributed by atoms with Gasteiger partial charge in [-0.25, -0.2) is 4.72 Å². The summed E-state index contributed by atoms with van der Waals surface area (Å²) in [6.45, 7) is 5.23. The highest BCUT2D eigenvalue weighted by Crippen LogP contribution is 2.08. The summed E-state index contributed by atoms with van der Waals surface area (Å²) in [6, 6.07) is 0. The molecule has 0 radical (unpaired) electrons. The molecule has 1 unspecified atom stereocenters. The Morgan fingerprint density at radius 2 is 2.06 bits per heavy atom. The number of nitrogens with zero attached hydrogens (tertiary/aromatic N) is 1. The molecule has 16 heavy (non-hydrogen) atoms. The Hall–Kier alpha value is 0.180. The highest BCUT2D eigenvalue weighted by atomic mass is 32.2. The Balaban J connectivity index is 2.33. The molecule has 7 heteroatoms. The van der Waals surface area contributed by atoms with E-state index >= 15 is 0 Å². The SMILES string of the molecule is CSC(C)CCNS(=O)(=O)N1CCNCC1. The lowest BCUT2D eigenvalue weighted by Gasteiger charge is -2.26. The summed E-state index contributed by atoms with van der Waals surface area (Å²) in [5.74, 6) is 0. The summed E-state index contributed by atoms with van der Waals surface area (Å²) in [7, 11) is -3.25. The Bertz CT molecular complexity index is 289. The van der Waals surface area contributed by atoms with Gasteiger partial charge < -0.3 is 5.32 Å². The highest BCUT2D eigenvalue weighted by molar-refractivity contribution is 7.99. The van der Waals surface area contributed by atoms with Gasteiger partial charge in [-0.1, -0.05) is 6.92 Å². The fourth-order valence-electron chi connectivity index (χ4n) is 1.48. The summed E-state index contributed by atoms with van der Waals surface area (Å²) in [5.41, 5.74) is 0. The maximum atomic E-state index is 11.8. The molecule has 1 atom stereocenters. The largest absolute Gasteiger partial charge is 0.314 e. The van der Waals surface area contributed by atoms with Crippen LogP contribution in [0.5, 0.6) is 0 Å². The first-order chi connectivity index (χ1) is 7.56. The lowest BCUT2D eigenvalue weighted by Crippen LogP contribution is -2.50. The van der Waals surface area contributed by atoms with Crippen LogP contribution >= 0.6 is 11.8 Å². The molecule has 1 fully saturated rings. The first kappa shape index (κ1) is 14.2. The molecular weight excluding hydrogens is 246 g/mol. The normalized spacial score (nSPS) is 20.9. The van der Waals surface area contributed by atoms with Crippen LogP contribution in [0, 0.1) is 0 Å². The van der Waals surface area contributed by atoms with Crippen molar-refractivity contribution in [3.63, 3.8) is 0 Å². The van der Waals surface area contributed by atoms with Crippen molar-refractivity contribution in [2.45, 2.75) is 18.6 Å². The minimum atomic E-state index is -3.25. The minimum absolute atomic E-state index is 0.491. The number of hydrogen-bond donors (Lipinski definition) is 2. The van der Waals surface area contributed by atoms with Crippen LogP contribution in [-0.4, -0.2) is 57.0 Å². The predicted molar refractivity (Wildman–Crippen MR) is 69.0 cm³/mol. The third kappa shape index (κ3) is 4.58. The maximum Gasteiger partial charge on any atom is 0.279 e. The Morgan fingerprint density at radius 1 is 1.44 bits per heavy atom. The second kappa shape index (κ2) is 6.80. The topological polar surface area (TPSA) is 61.4 Å². The number of hydrogen-bond acceptors (Lipinski definition) is 4. The summed E-state index contributed by atoms with van der Waals surface area (Å²) in [4.78, 5) is 0. The van der Waals surface area contributed by atoms with Gasteiger partial charge in [-0.3, -0.25) is 0 Å². The van der Waals surface area contributed by atoms with Crippen molar-refractivity contribution in [2.24, 2.45) is 0 Å². The van der Waals surface area contributed by atoms with Gasteiger partial charge >= 0.3 is 0 Å². The summed E-state index contributed by atoms with van der Waals surface area (Å²) >= 11 is 1.75. The van der Waals surface area contributed by atoms with Crippen molar-refractivity contribution >= 4 is 22.0 Å². The van der Waals surface area contributed by atoms with Crippen LogP contribution in [0.2, 0.25) is 0 Å². The van der Waals surface area contributed by atoms with E-state index in [1.807, 2.05) is 6.26 Å². The molecule has 0 aliphatic carbocycles. The second-order valence-corrected chi connectivity index (χ2v) is 6.91.